The summed E-state index contributed by atoms with van der Waals surface area (Å²) in [6, 6.07) is 11.5. The van der Waals surface area contributed by atoms with Crippen LogP contribution >= 0.6 is 11.6 Å². The van der Waals surface area contributed by atoms with Crippen molar-refractivity contribution in [2.75, 3.05) is 64.6 Å². The van der Waals surface area contributed by atoms with Crippen LogP contribution in [0.4, 0.5) is 5.69 Å². The van der Waals surface area contributed by atoms with Crippen molar-refractivity contribution in [2.45, 2.75) is 68.6 Å². The number of nitrogens with one attached hydrogen (secondary N) is 1. The third kappa shape index (κ3) is 7.30. The number of nitrogens with zero attached hydrogens (tertiary/aromatic N) is 2. The number of halogens is 1. The summed E-state index contributed by atoms with van der Waals surface area (Å²) in [5.74, 6) is 7.24. The average molecular weight is 736 g/mol. The van der Waals surface area contributed by atoms with Gasteiger partial charge in [-0.15, -0.1) is 0 Å². The molecule has 11 heteroatoms. The van der Waals surface area contributed by atoms with Gasteiger partial charge in [-0.2, -0.15) is 0 Å². The van der Waals surface area contributed by atoms with Gasteiger partial charge in [-0.25, -0.2) is 13.1 Å². The van der Waals surface area contributed by atoms with Crippen LogP contribution < -0.4 is 14.4 Å². The first-order chi connectivity index (χ1) is 24.5. The molecule has 1 N–H and O–H groups in total. The van der Waals surface area contributed by atoms with Crippen LogP contribution in [-0.2, 0) is 31.3 Å². The van der Waals surface area contributed by atoms with Gasteiger partial charge in [0.2, 0.25) is 10.0 Å². The topological polar surface area (TPSA) is 97.4 Å². The number of rotatable bonds is 2. The molecule has 274 valence electrons. The monoisotopic (exact) mass is 735 g/mol. The van der Waals surface area contributed by atoms with E-state index in [0.717, 1.165) is 55.9 Å². The molecule has 2 aromatic rings. The molecular formula is C40H50ClN3O6S. The Labute approximate surface area is 308 Å². The smallest absolute Gasteiger partial charge is 0.264 e. The van der Waals surface area contributed by atoms with Crippen LogP contribution in [0, 0.1) is 29.6 Å². The average Bonchev–Trinajstić information content (AvgIpc) is 3.26. The third-order valence-corrected chi connectivity index (χ3v) is 14.3. The highest BCUT2D eigenvalue weighted by atomic mass is 35.5. The van der Waals surface area contributed by atoms with Gasteiger partial charge >= 0.3 is 0 Å². The molecule has 6 atom stereocenters. The molecule has 1 amide bonds. The van der Waals surface area contributed by atoms with E-state index in [2.05, 4.69) is 44.6 Å². The number of sulfonamides is 1. The van der Waals surface area contributed by atoms with Gasteiger partial charge in [0.15, 0.2) is 0 Å². The summed E-state index contributed by atoms with van der Waals surface area (Å²) in [4.78, 5) is 18.3. The second kappa shape index (κ2) is 14.7. The van der Waals surface area contributed by atoms with E-state index in [0.29, 0.717) is 51.6 Å². The van der Waals surface area contributed by atoms with Crippen LogP contribution in [0.5, 0.6) is 5.75 Å². The molecule has 2 aromatic carbocycles. The molecule has 5 aliphatic rings. The number of amides is 1. The summed E-state index contributed by atoms with van der Waals surface area (Å²) in [6.07, 6.45) is 9.54. The molecule has 1 saturated heterocycles. The minimum Gasteiger partial charge on any atom is -0.490 e. The summed E-state index contributed by atoms with van der Waals surface area (Å²) in [6.45, 7) is 9.22. The molecule has 2 fully saturated rings. The van der Waals surface area contributed by atoms with Gasteiger partial charge in [-0.3, -0.25) is 9.69 Å². The molecule has 0 aromatic heterocycles. The number of anilines is 1. The number of methoxy groups -OCH3 is 1. The first-order valence-electron chi connectivity index (χ1n) is 18.4. The lowest BCUT2D eigenvalue weighted by atomic mass is 9.64. The number of benzene rings is 2. The van der Waals surface area contributed by atoms with E-state index in [-0.39, 0.29) is 28.7 Å². The van der Waals surface area contributed by atoms with Crippen molar-refractivity contribution in [1.82, 2.24) is 9.62 Å². The van der Waals surface area contributed by atoms with Crippen molar-refractivity contribution in [3.05, 3.63) is 70.3 Å². The Kier molecular flexibility index (Phi) is 10.5. The molecule has 1 spiro atoms. The lowest BCUT2D eigenvalue weighted by Gasteiger charge is -2.48. The molecule has 2 bridgehead atoms. The number of morpholine rings is 1. The molecule has 0 radical (unpaired) electrons. The largest absolute Gasteiger partial charge is 0.490 e. The standard InChI is InChI=1S/C40H50ClN3O6S/c1-28-7-4-16-40(48-3,17-6-18-43-19-21-49-22-20-43)35-12-9-32(35)25-44-26-39(15-5-8-30-23-33(41)11-13-34(30)39)27-50-37-14-10-31(24-36(37)44)38(45)42-51(46,47)29(28)2/h4,10-11,13-14,16,23-24,28-29,32,35H,5,7-9,12,15,18-22,25-27H2,1-3H3,(H,42,45)/b16-4+/t28-,29+,32-,35+,39-,40-/m0/s1. The molecule has 0 unspecified atom stereocenters. The van der Waals surface area contributed by atoms with Gasteiger partial charge in [-0.1, -0.05) is 42.5 Å². The van der Waals surface area contributed by atoms with E-state index in [1.165, 1.54) is 11.1 Å². The Morgan fingerprint density at radius 1 is 1.12 bits per heavy atom. The molecule has 3 aliphatic heterocycles. The Balaban J connectivity index is 1.30. The SMILES string of the molecule is CO[C@]1(C#CCN2CCOCC2)/C=C/C[C@H](C)[C@@H](C)S(=O)(=O)NC(=O)c2ccc3c(c2)N(C[C@@H]2CC[C@H]21)C[C@@]1(CCCc2cc(Cl)ccc21)CO3. The predicted octanol–water partition coefficient (Wildman–Crippen LogP) is 5.60. The van der Waals surface area contributed by atoms with Gasteiger partial charge in [0, 0.05) is 55.2 Å². The highest BCUT2D eigenvalue weighted by Crippen LogP contribution is 2.49. The van der Waals surface area contributed by atoms with Crippen molar-refractivity contribution >= 4 is 33.2 Å². The van der Waals surface area contributed by atoms with Crippen LogP contribution in [0.25, 0.3) is 0 Å². The highest BCUT2D eigenvalue weighted by Gasteiger charge is 2.49. The fourth-order valence-electron chi connectivity index (χ4n) is 8.70. The Morgan fingerprint density at radius 2 is 1.94 bits per heavy atom. The Bertz CT molecular complexity index is 1830. The number of hydrogen-bond acceptors (Lipinski definition) is 8. The molecule has 9 nitrogen and oxygen atoms in total. The van der Waals surface area contributed by atoms with Gasteiger partial charge in [-0.05, 0) is 105 Å². The summed E-state index contributed by atoms with van der Waals surface area (Å²) in [5, 5.41) is -0.0702. The molecule has 51 heavy (non-hydrogen) atoms. The van der Waals surface area contributed by atoms with Gasteiger partial charge in [0.25, 0.3) is 5.91 Å². The van der Waals surface area contributed by atoms with Crippen LogP contribution in [-0.4, -0.2) is 89.7 Å². The minimum absolute atomic E-state index is 0.118. The third-order valence-electron chi connectivity index (χ3n) is 12.1. The number of ether oxygens (including phenoxy) is 3. The number of aryl methyl sites for hydroxylation is 1. The predicted molar refractivity (Wildman–Crippen MR) is 200 cm³/mol. The van der Waals surface area contributed by atoms with Gasteiger partial charge < -0.3 is 19.1 Å². The highest BCUT2D eigenvalue weighted by molar-refractivity contribution is 7.90. The van der Waals surface area contributed by atoms with E-state index < -0.39 is 26.8 Å². The van der Waals surface area contributed by atoms with E-state index in [9.17, 15) is 13.2 Å². The molecule has 7 rings (SSSR count). The molecular weight excluding hydrogens is 686 g/mol. The van der Waals surface area contributed by atoms with Gasteiger partial charge in [0.05, 0.1) is 37.3 Å². The fourth-order valence-corrected chi connectivity index (χ4v) is 10.2. The first-order valence-corrected chi connectivity index (χ1v) is 20.3. The van der Waals surface area contributed by atoms with E-state index in [4.69, 9.17) is 25.8 Å². The minimum atomic E-state index is -3.97. The number of fused-ring (bicyclic) bond motifs is 4. The molecule has 2 aliphatic carbocycles. The zero-order valence-electron chi connectivity index (χ0n) is 30.0. The van der Waals surface area contributed by atoms with Crippen molar-refractivity contribution in [3.8, 4) is 17.6 Å². The number of hydrogen-bond donors (Lipinski definition) is 1. The number of carbonyl (C=O) groups excluding carboxylic acids is 1. The number of carbonyl (C=O) groups is 1. The van der Waals surface area contributed by atoms with Crippen LogP contribution in [0.3, 0.4) is 0 Å². The van der Waals surface area contributed by atoms with Crippen LogP contribution in [0.2, 0.25) is 5.02 Å². The molecule has 3 heterocycles. The maximum atomic E-state index is 13.6. The van der Waals surface area contributed by atoms with Crippen molar-refractivity contribution < 1.29 is 27.4 Å². The Morgan fingerprint density at radius 3 is 2.71 bits per heavy atom. The van der Waals surface area contributed by atoms with Crippen LogP contribution in [0.15, 0.2) is 48.6 Å². The zero-order chi connectivity index (χ0) is 35.8. The van der Waals surface area contributed by atoms with Crippen molar-refractivity contribution in [3.63, 3.8) is 0 Å². The summed E-state index contributed by atoms with van der Waals surface area (Å²) in [5.41, 5.74) is 2.49. The summed E-state index contributed by atoms with van der Waals surface area (Å²) < 4.78 is 48.1. The lowest BCUT2D eigenvalue weighted by molar-refractivity contribution is -0.0352. The van der Waals surface area contributed by atoms with Crippen molar-refractivity contribution in [2.24, 2.45) is 17.8 Å². The Hall–Kier alpha value is -3.07. The first kappa shape index (κ1) is 36.3. The quantitative estimate of drug-likeness (QED) is 0.315. The lowest BCUT2D eigenvalue weighted by Crippen LogP contribution is -2.52. The molecule has 1 saturated carbocycles. The maximum Gasteiger partial charge on any atom is 0.264 e. The van der Waals surface area contributed by atoms with Crippen molar-refractivity contribution in [1.29, 1.82) is 0 Å². The van der Waals surface area contributed by atoms with E-state index in [1.54, 1.807) is 20.1 Å². The van der Waals surface area contributed by atoms with E-state index in [1.807, 2.05) is 31.2 Å². The second-order valence-electron chi connectivity index (χ2n) is 15.2. The van der Waals surface area contributed by atoms with Crippen LogP contribution in [0.1, 0.15) is 67.4 Å². The zero-order valence-corrected chi connectivity index (χ0v) is 31.5. The maximum absolute atomic E-state index is 13.6. The van der Waals surface area contributed by atoms with E-state index >= 15 is 0 Å². The fraction of sp³-hybridized carbons (Fsp3) is 0.575. The number of allylic oxidation sites excluding steroid dienone is 1. The normalized spacial score (nSPS) is 32.9. The summed E-state index contributed by atoms with van der Waals surface area (Å²) in [7, 11) is -2.23. The van der Waals surface area contributed by atoms with Gasteiger partial charge in [0.1, 0.15) is 11.4 Å². The summed E-state index contributed by atoms with van der Waals surface area (Å²) >= 11 is 6.48. The second-order valence-corrected chi connectivity index (χ2v) is 17.7.